The molecule has 0 aliphatic rings. The van der Waals surface area contributed by atoms with E-state index in [1.54, 1.807) is 0 Å². The van der Waals surface area contributed by atoms with Gasteiger partial charge in [-0.1, -0.05) is 18.5 Å². The molecular weight excluding hydrogens is 172 g/mol. The third kappa shape index (κ3) is 2.74. The highest BCUT2D eigenvalue weighted by Gasteiger charge is 1.99. The van der Waals surface area contributed by atoms with Crippen molar-refractivity contribution in [3.8, 4) is 5.75 Å². The van der Waals surface area contributed by atoms with Crippen LogP contribution in [-0.2, 0) is 0 Å². The van der Waals surface area contributed by atoms with Gasteiger partial charge in [-0.3, -0.25) is 0 Å². The van der Waals surface area contributed by atoms with Gasteiger partial charge in [0.25, 0.3) is 0 Å². The Morgan fingerprint density at radius 1 is 1.33 bits per heavy atom. The summed E-state index contributed by atoms with van der Waals surface area (Å²) in [6.45, 7) is 3.97. The highest BCUT2D eigenvalue weighted by molar-refractivity contribution is 6.30. The van der Waals surface area contributed by atoms with Crippen molar-refractivity contribution in [2.45, 2.75) is 20.0 Å². The molecule has 1 unspecified atom stereocenters. The molecule has 0 saturated carbocycles. The van der Waals surface area contributed by atoms with Crippen LogP contribution in [0.15, 0.2) is 24.3 Å². The first-order valence-electron chi connectivity index (χ1n) is 3.94. The van der Waals surface area contributed by atoms with Gasteiger partial charge in [0.1, 0.15) is 5.75 Å². The lowest BCUT2D eigenvalue weighted by Gasteiger charge is -2.11. The standard InChI is InChI=1S/C10H12ClO/c1-3-8(2)12-10-6-4-9(11)5-7-10/h3-8H,1-2H3. The molecule has 1 radical (unpaired) electrons. The Kier molecular flexibility index (Phi) is 3.42. The average molecular weight is 184 g/mol. The van der Waals surface area contributed by atoms with Crippen molar-refractivity contribution in [2.24, 2.45) is 0 Å². The fraction of sp³-hybridized carbons (Fsp3) is 0.300. The SMILES string of the molecule is C[CH]C(C)Oc1ccc(Cl)cc1. The van der Waals surface area contributed by atoms with Crippen molar-refractivity contribution in [3.63, 3.8) is 0 Å². The second-order valence-corrected chi connectivity index (χ2v) is 3.05. The zero-order valence-corrected chi connectivity index (χ0v) is 8.01. The fourth-order valence-electron chi connectivity index (χ4n) is 0.796. The van der Waals surface area contributed by atoms with Crippen LogP contribution in [0.25, 0.3) is 0 Å². The second-order valence-electron chi connectivity index (χ2n) is 2.61. The van der Waals surface area contributed by atoms with E-state index in [2.05, 4.69) is 0 Å². The number of benzene rings is 1. The number of ether oxygens (including phenoxy) is 1. The summed E-state index contributed by atoms with van der Waals surface area (Å²) in [5.41, 5.74) is 0. The normalized spacial score (nSPS) is 12.6. The molecule has 65 valence electrons. The summed E-state index contributed by atoms with van der Waals surface area (Å²) < 4.78 is 5.50. The molecule has 0 aliphatic carbocycles. The number of hydrogen-bond donors (Lipinski definition) is 0. The number of hydrogen-bond acceptors (Lipinski definition) is 1. The van der Waals surface area contributed by atoms with Crippen LogP contribution in [0.1, 0.15) is 13.8 Å². The maximum atomic E-state index is 5.72. The molecular formula is C10H12ClO. The Bertz CT molecular complexity index is 230. The van der Waals surface area contributed by atoms with Crippen molar-refractivity contribution in [2.75, 3.05) is 0 Å². The fourth-order valence-corrected chi connectivity index (χ4v) is 0.922. The average Bonchev–Trinajstić information content (AvgIpc) is 2.09. The van der Waals surface area contributed by atoms with Gasteiger partial charge in [-0.25, -0.2) is 0 Å². The minimum absolute atomic E-state index is 0.145. The maximum Gasteiger partial charge on any atom is 0.119 e. The lowest BCUT2D eigenvalue weighted by Crippen LogP contribution is -2.09. The maximum absolute atomic E-state index is 5.72. The van der Waals surface area contributed by atoms with E-state index in [1.165, 1.54) is 0 Å². The van der Waals surface area contributed by atoms with E-state index < -0.39 is 0 Å². The minimum Gasteiger partial charge on any atom is -0.490 e. The molecule has 2 heteroatoms. The lowest BCUT2D eigenvalue weighted by molar-refractivity contribution is 0.254. The van der Waals surface area contributed by atoms with Gasteiger partial charge in [0.15, 0.2) is 0 Å². The summed E-state index contributed by atoms with van der Waals surface area (Å²) in [5, 5.41) is 0.732. The van der Waals surface area contributed by atoms with Crippen LogP contribution in [0.4, 0.5) is 0 Å². The monoisotopic (exact) mass is 183 g/mol. The van der Waals surface area contributed by atoms with Crippen molar-refractivity contribution in [1.29, 1.82) is 0 Å². The molecule has 0 N–H and O–H groups in total. The molecule has 1 nitrogen and oxygen atoms in total. The molecule has 0 amide bonds. The van der Waals surface area contributed by atoms with Gasteiger partial charge in [0.05, 0.1) is 6.10 Å². The predicted molar refractivity (Wildman–Crippen MR) is 51.5 cm³/mol. The van der Waals surface area contributed by atoms with Gasteiger partial charge in [-0.05, 0) is 37.6 Å². The van der Waals surface area contributed by atoms with Gasteiger partial charge >= 0.3 is 0 Å². The quantitative estimate of drug-likeness (QED) is 0.699. The van der Waals surface area contributed by atoms with Gasteiger partial charge in [0.2, 0.25) is 0 Å². The van der Waals surface area contributed by atoms with E-state index in [0.29, 0.717) is 0 Å². The summed E-state index contributed by atoms with van der Waals surface area (Å²) in [6.07, 6.45) is 2.14. The van der Waals surface area contributed by atoms with Gasteiger partial charge in [-0.15, -0.1) is 0 Å². The van der Waals surface area contributed by atoms with Gasteiger partial charge in [0, 0.05) is 5.02 Å². The molecule has 0 aliphatic heterocycles. The summed E-state index contributed by atoms with van der Waals surface area (Å²) in [4.78, 5) is 0. The predicted octanol–water partition coefficient (Wildman–Crippen LogP) is 3.33. The summed E-state index contributed by atoms with van der Waals surface area (Å²) in [5.74, 6) is 0.852. The summed E-state index contributed by atoms with van der Waals surface area (Å²) in [7, 11) is 0. The van der Waals surface area contributed by atoms with E-state index in [9.17, 15) is 0 Å². The molecule has 1 rings (SSSR count). The zero-order chi connectivity index (χ0) is 8.97. The molecule has 0 bridgehead atoms. The topological polar surface area (TPSA) is 9.23 Å². The highest BCUT2D eigenvalue weighted by Crippen LogP contribution is 2.16. The largest absolute Gasteiger partial charge is 0.490 e. The Labute approximate surface area is 78.3 Å². The molecule has 0 aromatic heterocycles. The van der Waals surface area contributed by atoms with Crippen LogP contribution in [0.2, 0.25) is 5.02 Å². The van der Waals surface area contributed by atoms with Crippen LogP contribution < -0.4 is 4.74 Å². The molecule has 12 heavy (non-hydrogen) atoms. The Morgan fingerprint density at radius 2 is 1.92 bits per heavy atom. The van der Waals surface area contributed by atoms with Crippen LogP contribution in [0.3, 0.4) is 0 Å². The molecule has 1 aromatic rings. The molecule has 0 spiro atoms. The lowest BCUT2D eigenvalue weighted by atomic mass is 10.3. The molecule has 0 saturated heterocycles. The van der Waals surface area contributed by atoms with Gasteiger partial charge < -0.3 is 4.74 Å². The molecule has 1 atom stereocenters. The van der Waals surface area contributed by atoms with Crippen molar-refractivity contribution >= 4 is 11.6 Å². The third-order valence-corrected chi connectivity index (χ3v) is 1.86. The van der Waals surface area contributed by atoms with Crippen LogP contribution in [0, 0.1) is 6.42 Å². The second kappa shape index (κ2) is 4.36. The molecule has 1 aromatic carbocycles. The molecule has 0 heterocycles. The smallest absolute Gasteiger partial charge is 0.119 e. The molecule has 0 fully saturated rings. The Hall–Kier alpha value is -0.690. The van der Waals surface area contributed by atoms with E-state index >= 15 is 0 Å². The Morgan fingerprint density at radius 3 is 2.42 bits per heavy atom. The van der Waals surface area contributed by atoms with Crippen LogP contribution in [-0.4, -0.2) is 6.10 Å². The van der Waals surface area contributed by atoms with E-state index in [4.69, 9.17) is 16.3 Å². The minimum atomic E-state index is 0.145. The van der Waals surface area contributed by atoms with Gasteiger partial charge in [-0.2, -0.15) is 0 Å². The first-order valence-corrected chi connectivity index (χ1v) is 4.32. The number of rotatable bonds is 3. The first kappa shape index (κ1) is 9.40. The van der Waals surface area contributed by atoms with Crippen molar-refractivity contribution in [3.05, 3.63) is 35.7 Å². The van der Waals surface area contributed by atoms with Crippen LogP contribution >= 0.6 is 11.6 Å². The number of halogens is 1. The summed E-state index contributed by atoms with van der Waals surface area (Å²) >= 11 is 5.72. The van der Waals surface area contributed by atoms with E-state index in [-0.39, 0.29) is 6.10 Å². The highest BCUT2D eigenvalue weighted by atomic mass is 35.5. The van der Waals surface area contributed by atoms with E-state index in [1.807, 2.05) is 44.5 Å². The zero-order valence-electron chi connectivity index (χ0n) is 7.25. The summed E-state index contributed by atoms with van der Waals surface area (Å²) in [6, 6.07) is 7.36. The van der Waals surface area contributed by atoms with Crippen LogP contribution in [0.5, 0.6) is 5.75 Å². The first-order chi connectivity index (χ1) is 5.72. The van der Waals surface area contributed by atoms with E-state index in [0.717, 1.165) is 10.8 Å². The third-order valence-electron chi connectivity index (χ3n) is 1.61. The van der Waals surface area contributed by atoms with Crippen molar-refractivity contribution < 1.29 is 4.74 Å². The van der Waals surface area contributed by atoms with Crippen molar-refractivity contribution in [1.82, 2.24) is 0 Å². The Balaban J connectivity index is 2.58.